The maximum absolute atomic E-state index is 5.65. The average Bonchev–Trinajstić information content (AvgIpc) is 2.47. The van der Waals surface area contributed by atoms with Crippen LogP contribution in [0, 0.1) is 12.8 Å². The predicted octanol–water partition coefficient (Wildman–Crippen LogP) is 3.98. The largest absolute Gasteiger partial charge is 0.494 e. The molecule has 2 aromatic carbocycles. The summed E-state index contributed by atoms with van der Waals surface area (Å²) in [5.41, 5.74) is 0. The van der Waals surface area contributed by atoms with Gasteiger partial charge in [-0.1, -0.05) is 36.4 Å². The van der Waals surface area contributed by atoms with Gasteiger partial charge in [-0.15, -0.1) is 0 Å². The fraction of sp³-hybridized carbons (Fsp3) is 0.235. The van der Waals surface area contributed by atoms with Gasteiger partial charge in [0, 0.05) is 0 Å². The number of rotatable bonds is 7. The van der Waals surface area contributed by atoms with Crippen LogP contribution in [0.1, 0.15) is 6.42 Å². The topological polar surface area (TPSA) is 18.5 Å². The van der Waals surface area contributed by atoms with Gasteiger partial charge in [0.1, 0.15) is 11.5 Å². The van der Waals surface area contributed by atoms with Crippen molar-refractivity contribution in [3.63, 3.8) is 0 Å². The smallest absolute Gasteiger partial charge is 0.119 e. The van der Waals surface area contributed by atoms with E-state index in [1.165, 1.54) is 0 Å². The molecule has 0 saturated heterocycles. The molecule has 0 bridgehead atoms. The number of ether oxygens (including phenoxy) is 2. The first-order chi connectivity index (χ1) is 9.34. The van der Waals surface area contributed by atoms with E-state index >= 15 is 0 Å². The summed E-state index contributed by atoms with van der Waals surface area (Å²) in [4.78, 5) is 0. The second kappa shape index (κ2) is 7.47. The zero-order valence-electron chi connectivity index (χ0n) is 11.0. The predicted molar refractivity (Wildman–Crippen MR) is 77.3 cm³/mol. The minimum Gasteiger partial charge on any atom is -0.494 e. The monoisotopic (exact) mass is 255 g/mol. The summed E-state index contributed by atoms with van der Waals surface area (Å²) >= 11 is 0. The minimum absolute atomic E-state index is 0.226. The van der Waals surface area contributed by atoms with Gasteiger partial charge in [0.05, 0.1) is 13.2 Å². The van der Waals surface area contributed by atoms with E-state index in [2.05, 4.69) is 6.92 Å². The summed E-state index contributed by atoms with van der Waals surface area (Å²) in [5.74, 6) is 2.02. The molecule has 99 valence electrons. The first kappa shape index (κ1) is 13.5. The number of hydrogen-bond donors (Lipinski definition) is 0. The normalized spacial score (nSPS) is 11.8. The molecule has 2 aromatic rings. The molecule has 19 heavy (non-hydrogen) atoms. The van der Waals surface area contributed by atoms with Crippen LogP contribution in [0.15, 0.2) is 60.7 Å². The van der Waals surface area contributed by atoms with Crippen molar-refractivity contribution in [2.75, 3.05) is 13.2 Å². The Balaban J connectivity index is 1.64. The molecule has 2 rings (SSSR count). The average molecular weight is 255 g/mol. The molecule has 1 radical (unpaired) electrons. The van der Waals surface area contributed by atoms with Crippen molar-refractivity contribution in [2.45, 2.75) is 6.42 Å². The molecule has 1 atom stereocenters. The van der Waals surface area contributed by atoms with Crippen LogP contribution < -0.4 is 9.47 Å². The van der Waals surface area contributed by atoms with Crippen molar-refractivity contribution < 1.29 is 9.47 Å². The highest BCUT2D eigenvalue weighted by molar-refractivity contribution is 5.21. The molecular weight excluding hydrogens is 236 g/mol. The SMILES string of the molecule is [CH2]C(CCOc1ccccc1)COc1ccccc1. The molecule has 2 nitrogen and oxygen atoms in total. The molecule has 0 spiro atoms. The summed E-state index contributed by atoms with van der Waals surface area (Å²) in [5, 5.41) is 0. The summed E-state index contributed by atoms with van der Waals surface area (Å²) in [6.45, 7) is 5.36. The van der Waals surface area contributed by atoms with Crippen LogP contribution in [-0.4, -0.2) is 13.2 Å². The van der Waals surface area contributed by atoms with E-state index < -0.39 is 0 Å². The van der Waals surface area contributed by atoms with Gasteiger partial charge < -0.3 is 9.47 Å². The lowest BCUT2D eigenvalue weighted by Crippen LogP contribution is -2.12. The van der Waals surface area contributed by atoms with E-state index in [1.807, 2.05) is 60.7 Å². The van der Waals surface area contributed by atoms with E-state index in [9.17, 15) is 0 Å². The zero-order chi connectivity index (χ0) is 13.3. The fourth-order valence-electron chi connectivity index (χ4n) is 1.67. The van der Waals surface area contributed by atoms with E-state index in [0.29, 0.717) is 13.2 Å². The standard InChI is InChI=1S/C17H19O2/c1-15(14-19-17-10-6-3-7-11-17)12-13-18-16-8-4-2-5-9-16/h2-11,15H,1,12-14H2. The van der Waals surface area contributed by atoms with Crippen molar-refractivity contribution in [3.05, 3.63) is 67.6 Å². The van der Waals surface area contributed by atoms with Gasteiger partial charge in [-0.05, 0) is 43.5 Å². The number of para-hydroxylation sites is 2. The van der Waals surface area contributed by atoms with Crippen LogP contribution >= 0.6 is 0 Å². The lowest BCUT2D eigenvalue weighted by Gasteiger charge is -2.13. The minimum atomic E-state index is 0.226. The van der Waals surface area contributed by atoms with E-state index in [-0.39, 0.29) is 5.92 Å². The number of hydrogen-bond acceptors (Lipinski definition) is 2. The van der Waals surface area contributed by atoms with Crippen LogP contribution in [0.2, 0.25) is 0 Å². The van der Waals surface area contributed by atoms with E-state index in [1.54, 1.807) is 0 Å². The third-order valence-electron chi connectivity index (χ3n) is 2.77. The molecule has 0 heterocycles. The van der Waals surface area contributed by atoms with Crippen molar-refractivity contribution in [1.82, 2.24) is 0 Å². The molecule has 0 aromatic heterocycles. The first-order valence-electron chi connectivity index (χ1n) is 6.53. The van der Waals surface area contributed by atoms with Gasteiger partial charge in [0.25, 0.3) is 0 Å². The van der Waals surface area contributed by atoms with Crippen molar-refractivity contribution >= 4 is 0 Å². The quantitative estimate of drug-likeness (QED) is 0.745. The van der Waals surface area contributed by atoms with Gasteiger partial charge >= 0.3 is 0 Å². The van der Waals surface area contributed by atoms with E-state index in [0.717, 1.165) is 17.9 Å². The first-order valence-corrected chi connectivity index (χ1v) is 6.53. The molecule has 1 unspecified atom stereocenters. The third kappa shape index (κ3) is 5.04. The lowest BCUT2D eigenvalue weighted by molar-refractivity contribution is 0.230. The third-order valence-corrected chi connectivity index (χ3v) is 2.77. The summed E-state index contributed by atoms with van der Waals surface area (Å²) in [6, 6.07) is 19.6. The molecule has 0 aliphatic rings. The van der Waals surface area contributed by atoms with Gasteiger partial charge in [0.2, 0.25) is 0 Å². The second-order valence-corrected chi connectivity index (χ2v) is 4.44. The molecule has 2 heteroatoms. The molecule has 0 amide bonds. The van der Waals surface area contributed by atoms with Crippen LogP contribution in [0.3, 0.4) is 0 Å². The summed E-state index contributed by atoms with van der Waals surface area (Å²) in [6.07, 6.45) is 0.877. The maximum Gasteiger partial charge on any atom is 0.119 e. The maximum atomic E-state index is 5.65. The Morgan fingerprint density at radius 2 is 1.32 bits per heavy atom. The summed E-state index contributed by atoms with van der Waals surface area (Å²) < 4.78 is 11.3. The second-order valence-electron chi connectivity index (χ2n) is 4.44. The Kier molecular flexibility index (Phi) is 5.30. The Morgan fingerprint density at radius 3 is 1.89 bits per heavy atom. The van der Waals surface area contributed by atoms with Crippen LogP contribution in [0.25, 0.3) is 0 Å². The lowest BCUT2D eigenvalue weighted by atomic mass is 10.1. The molecule has 0 aliphatic carbocycles. The number of benzene rings is 2. The Morgan fingerprint density at radius 1 is 0.789 bits per heavy atom. The van der Waals surface area contributed by atoms with Crippen molar-refractivity contribution in [1.29, 1.82) is 0 Å². The van der Waals surface area contributed by atoms with Gasteiger partial charge in [-0.25, -0.2) is 0 Å². The van der Waals surface area contributed by atoms with Crippen LogP contribution in [-0.2, 0) is 0 Å². The molecule has 0 saturated carbocycles. The fourth-order valence-corrected chi connectivity index (χ4v) is 1.67. The molecular formula is C17H19O2. The van der Waals surface area contributed by atoms with Gasteiger partial charge in [0.15, 0.2) is 0 Å². The highest BCUT2D eigenvalue weighted by Gasteiger charge is 2.04. The Bertz CT molecular complexity index is 453. The van der Waals surface area contributed by atoms with Crippen LogP contribution in [0.4, 0.5) is 0 Å². The molecule has 0 fully saturated rings. The van der Waals surface area contributed by atoms with Gasteiger partial charge in [-0.3, -0.25) is 0 Å². The molecule has 0 aliphatic heterocycles. The van der Waals surface area contributed by atoms with Crippen LogP contribution in [0.5, 0.6) is 11.5 Å². The summed E-state index contributed by atoms with van der Waals surface area (Å²) in [7, 11) is 0. The highest BCUT2D eigenvalue weighted by atomic mass is 16.5. The highest BCUT2D eigenvalue weighted by Crippen LogP contribution is 2.13. The zero-order valence-corrected chi connectivity index (χ0v) is 11.0. The molecule has 0 N–H and O–H groups in total. The van der Waals surface area contributed by atoms with Crippen molar-refractivity contribution in [3.8, 4) is 11.5 Å². The Hall–Kier alpha value is -1.96. The van der Waals surface area contributed by atoms with Gasteiger partial charge in [-0.2, -0.15) is 0 Å². The van der Waals surface area contributed by atoms with Crippen molar-refractivity contribution in [2.24, 2.45) is 5.92 Å². The Labute approximate surface area is 115 Å². The van der Waals surface area contributed by atoms with E-state index in [4.69, 9.17) is 9.47 Å².